The van der Waals surface area contributed by atoms with Crippen molar-refractivity contribution in [1.29, 1.82) is 0 Å². The van der Waals surface area contributed by atoms with E-state index in [1.807, 2.05) is 24.3 Å². The van der Waals surface area contributed by atoms with Crippen LogP contribution in [0.2, 0.25) is 0 Å². The third kappa shape index (κ3) is 2.44. The molecule has 0 saturated carbocycles. The fourth-order valence-corrected chi connectivity index (χ4v) is 2.12. The van der Waals surface area contributed by atoms with Crippen molar-refractivity contribution in [3.8, 4) is 28.6 Å². The lowest BCUT2D eigenvalue weighted by atomic mass is 10.2. The number of nitrogens with zero attached hydrogens (tertiary/aromatic N) is 4. The van der Waals surface area contributed by atoms with Crippen LogP contribution in [-0.2, 0) is 0 Å². The van der Waals surface area contributed by atoms with E-state index in [1.54, 1.807) is 37.1 Å². The lowest BCUT2D eigenvalue weighted by Gasteiger charge is -2.11. The number of tetrazole rings is 1. The Morgan fingerprint density at radius 2 is 1.77 bits per heavy atom. The van der Waals surface area contributed by atoms with E-state index < -0.39 is 0 Å². The van der Waals surface area contributed by atoms with Crippen molar-refractivity contribution in [2.75, 3.05) is 20.0 Å². The number of hydrogen-bond donors (Lipinski definition) is 1. The van der Waals surface area contributed by atoms with Gasteiger partial charge in [0.05, 0.1) is 14.2 Å². The first-order valence-electron chi connectivity index (χ1n) is 6.59. The first kappa shape index (κ1) is 13.9. The molecular weight excluding hydrogens is 282 g/mol. The maximum atomic E-state index is 5.71. The van der Waals surface area contributed by atoms with E-state index in [-0.39, 0.29) is 0 Å². The zero-order valence-electron chi connectivity index (χ0n) is 12.2. The lowest BCUT2D eigenvalue weighted by molar-refractivity contribution is 0.392. The Morgan fingerprint density at radius 1 is 1.00 bits per heavy atom. The molecule has 3 rings (SSSR count). The fraction of sp³-hybridized carbons (Fsp3) is 0.133. The summed E-state index contributed by atoms with van der Waals surface area (Å²) in [6.45, 7) is 0. The highest BCUT2D eigenvalue weighted by atomic mass is 16.5. The summed E-state index contributed by atoms with van der Waals surface area (Å²) in [4.78, 5) is 0. The van der Waals surface area contributed by atoms with E-state index in [4.69, 9.17) is 15.2 Å². The molecule has 0 aliphatic heterocycles. The number of nitrogens with two attached hydrogens (primary N) is 1. The third-order valence-electron chi connectivity index (χ3n) is 3.25. The van der Waals surface area contributed by atoms with Gasteiger partial charge in [-0.05, 0) is 46.8 Å². The maximum absolute atomic E-state index is 5.71. The smallest absolute Gasteiger partial charge is 0.187 e. The highest BCUT2D eigenvalue weighted by Gasteiger charge is 2.15. The quantitative estimate of drug-likeness (QED) is 0.740. The molecule has 7 heteroatoms. The third-order valence-corrected chi connectivity index (χ3v) is 3.25. The Balaban J connectivity index is 2.10. The van der Waals surface area contributed by atoms with E-state index >= 15 is 0 Å². The molecule has 0 atom stereocenters. The summed E-state index contributed by atoms with van der Waals surface area (Å²) in [5.41, 5.74) is 7.98. The number of ether oxygens (including phenoxy) is 2. The number of methoxy groups -OCH3 is 2. The second-order valence-corrected chi connectivity index (χ2v) is 4.57. The zero-order chi connectivity index (χ0) is 15.5. The highest BCUT2D eigenvalue weighted by molar-refractivity contribution is 5.62. The standard InChI is InChI=1S/C15H15N5O2/c1-21-12-7-8-13(14(9-12)22-2)20-15(17-18-19-20)10-3-5-11(16)6-4-10/h3-9H,16H2,1-2H3. The summed E-state index contributed by atoms with van der Waals surface area (Å²) < 4.78 is 12.2. The molecule has 7 nitrogen and oxygen atoms in total. The van der Waals surface area contributed by atoms with Gasteiger partial charge in [0.15, 0.2) is 5.82 Å². The molecule has 0 saturated heterocycles. The fourth-order valence-electron chi connectivity index (χ4n) is 2.12. The molecule has 0 aliphatic rings. The molecule has 1 aromatic heterocycles. The van der Waals surface area contributed by atoms with Gasteiger partial charge in [-0.2, -0.15) is 4.68 Å². The molecule has 0 radical (unpaired) electrons. The van der Waals surface area contributed by atoms with Gasteiger partial charge in [-0.15, -0.1) is 5.10 Å². The Bertz CT molecular complexity index is 783. The number of hydrogen-bond acceptors (Lipinski definition) is 6. The van der Waals surface area contributed by atoms with Crippen molar-refractivity contribution in [3.05, 3.63) is 42.5 Å². The highest BCUT2D eigenvalue weighted by Crippen LogP contribution is 2.30. The second-order valence-electron chi connectivity index (χ2n) is 4.57. The predicted octanol–water partition coefficient (Wildman–Crippen LogP) is 1.93. The first-order chi connectivity index (χ1) is 10.7. The summed E-state index contributed by atoms with van der Waals surface area (Å²) in [5, 5.41) is 11.9. The zero-order valence-corrected chi connectivity index (χ0v) is 12.2. The Kier molecular flexibility index (Phi) is 3.61. The number of rotatable bonds is 4. The van der Waals surface area contributed by atoms with E-state index in [2.05, 4.69) is 15.5 Å². The van der Waals surface area contributed by atoms with Gasteiger partial charge in [-0.3, -0.25) is 0 Å². The monoisotopic (exact) mass is 297 g/mol. The van der Waals surface area contributed by atoms with Crippen LogP contribution in [0.5, 0.6) is 11.5 Å². The van der Waals surface area contributed by atoms with Gasteiger partial charge in [0.1, 0.15) is 17.2 Å². The summed E-state index contributed by atoms with van der Waals surface area (Å²) in [5.74, 6) is 1.91. The molecule has 112 valence electrons. The molecule has 22 heavy (non-hydrogen) atoms. The Hall–Kier alpha value is -3.09. The maximum Gasteiger partial charge on any atom is 0.187 e. The van der Waals surface area contributed by atoms with Gasteiger partial charge >= 0.3 is 0 Å². The second kappa shape index (κ2) is 5.72. The summed E-state index contributed by atoms with van der Waals surface area (Å²) in [6.07, 6.45) is 0. The van der Waals surface area contributed by atoms with E-state index in [0.717, 1.165) is 11.3 Å². The number of benzene rings is 2. The molecule has 0 fully saturated rings. The minimum Gasteiger partial charge on any atom is -0.497 e. The van der Waals surface area contributed by atoms with Gasteiger partial charge in [0.25, 0.3) is 0 Å². The van der Waals surface area contributed by atoms with Crippen molar-refractivity contribution < 1.29 is 9.47 Å². The molecule has 0 aliphatic carbocycles. The first-order valence-corrected chi connectivity index (χ1v) is 6.59. The molecule has 2 aromatic carbocycles. The van der Waals surface area contributed by atoms with Crippen molar-refractivity contribution in [2.24, 2.45) is 0 Å². The van der Waals surface area contributed by atoms with Crippen LogP contribution in [0.1, 0.15) is 0 Å². The van der Waals surface area contributed by atoms with Crippen LogP contribution in [0.3, 0.4) is 0 Å². The normalized spacial score (nSPS) is 10.5. The van der Waals surface area contributed by atoms with E-state index in [1.165, 1.54) is 0 Å². The number of anilines is 1. The minimum absolute atomic E-state index is 0.600. The average molecular weight is 297 g/mol. The van der Waals surface area contributed by atoms with Crippen LogP contribution in [0, 0.1) is 0 Å². The Labute approximate surface area is 127 Å². The average Bonchev–Trinajstić information content (AvgIpc) is 3.04. The van der Waals surface area contributed by atoms with Crippen LogP contribution in [-0.4, -0.2) is 34.4 Å². The molecule has 0 unspecified atom stereocenters. The van der Waals surface area contributed by atoms with Crippen LogP contribution < -0.4 is 15.2 Å². The molecule has 0 spiro atoms. The molecule has 2 N–H and O–H groups in total. The summed E-state index contributed by atoms with van der Waals surface area (Å²) >= 11 is 0. The SMILES string of the molecule is COc1ccc(-n2nnnc2-c2ccc(N)cc2)c(OC)c1. The number of nitrogen functional groups attached to an aromatic ring is 1. The summed E-state index contributed by atoms with van der Waals surface area (Å²) in [6, 6.07) is 12.8. The van der Waals surface area contributed by atoms with Crippen LogP contribution >= 0.6 is 0 Å². The Morgan fingerprint density at radius 3 is 2.45 bits per heavy atom. The van der Waals surface area contributed by atoms with Gasteiger partial charge in [0.2, 0.25) is 0 Å². The van der Waals surface area contributed by atoms with Gasteiger partial charge in [0, 0.05) is 17.3 Å². The van der Waals surface area contributed by atoms with Crippen LogP contribution in [0.4, 0.5) is 5.69 Å². The summed E-state index contributed by atoms with van der Waals surface area (Å²) in [7, 11) is 3.19. The molecule has 0 amide bonds. The van der Waals surface area contributed by atoms with Crippen LogP contribution in [0.25, 0.3) is 17.1 Å². The van der Waals surface area contributed by atoms with Crippen molar-refractivity contribution >= 4 is 5.69 Å². The topological polar surface area (TPSA) is 88.1 Å². The van der Waals surface area contributed by atoms with Gasteiger partial charge in [-0.25, -0.2) is 0 Å². The molecule has 0 bridgehead atoms. The van der Waals surface area contributed by atoms with Gasteiger partial charge in [-0.1, -0.05) is 0 Å². The van der Waals surface area contributed by atoms with Crippen LogP contribution in [0.15, 0.2) is 42.5 Å². The van der Waals surface area contributed by atoms with E-state index in [0.29, 0.717) is 23.0 Å². The molecule has 3 aromatic rings. The number of aromatic nitrogens is 4. The lowest BCUT2D eigenvalue weighted by Crippen LogP contribution is -2.03. The van der Waals surface area contributed by atoms with Crippen molar-refractivity contribution in [3.63, 3.8) is 0 Å². The molecule has 1 heterocycles. The van der Waals surface area contributed by atoms with E-state index in [9.17, 15) is 0 Å². The molecular formula is C15H15N5O2. The predicted molar refractivity (Wildman–Crippen MR) is 82.1 cm³/mol. The largest absolute Gasteiger partial charge is 0.497 e. The van der Waals surface area contributed by atoms with Crippen molar-refractivity contribution in [2.45, 2.75) is 0 Å². The van der Waals surface area contributed by atoms with Gasteiger partial charge < -0.3 is 15.2 Å². The van der Waals surface area contributed by atoms with Crippen molar-refractivity contribution in [1.82, 2.24) is 20.2 Å². The minimum atomic E-state index is 0.600.